The Morgan fingerprint density at radius 2 is 2.10 bits per heavy atom. The summed E-state index contributed by atoms with van der Waals surface area (Å²) in [4.78, 5) is 9.79. The van der Waals surface area contributed by atoms with Gasteiger partial charge in [0, 0.05) is 12.6 Å². The van der Waals surface area contributed by atoms with Gasteiger partial charge < -0.3 is 9.47 Å². The van der Waals surface area contributed by atoms with E-state index in [1.54, 1.807) is 13.8 Å². The molecule has 0 aliphatic carbocycles. The van der Waals surface area contributed by atoms with E-state index in [4.69, 9.17) is 9.47 Å². The van der Waals surface area contributed by atoms with Crippen molar-refractivity contribution in [1.29, 1.82) is 0 Å². The molecule has 1 N–H and O–H groups in total. The van der Waals surface area contributed by atoms with Crippen LogP contribution in [0.25, 0.3) is 0 Å². The minimum Gasteiger partial charge on any atom is -0.348 e. The molecular formula is C12H16N2O6S. The first-order chi connectivity index (χ1) is 9.71. The van der Waals surface area contributed by atoms with Gasteiger partial charge in [-0.15, -0.1) is 0 Å². The van der Waals surface area contributed by atoms with Gasteiger partial charge in [0.2, 0.25) is 10.0 Å². The molecule has 0 spiro atoms. The minimum absolute atomic E-state index is 0.0161. The number of sulfonamides is 1. The summed E-state index contributed by atoms with van der Waals surface area (Å²) in [5, 5.41) is 10.9. The average molecular weight is 316 g/mol. The molecule has 0 saturated carbocycles. The Bertz CT molecular complexity index is 643. The van der Waals surface area contributed by atoms with Crippen LogP contribution < -0.4 is 4.72 Å². The Morgan fingerprint density at radius 3 is 2.67 bits per heavy atom. The second-order valence-electron chi connectivity index (χ2n) is 5.03. The van der Waals surface area contributed by atoms with Crippen LogP contribution in [0, 0.1) is 10.1 Å². The molecule has 2 rings (SSSR count). The first kappa shape index (κ1) is 15.8. The van der Waals surface area contributed by atoms with Gasteiger partial charge in [-0.2, -0.15) is 0 Å². The molecule has 9 heteroatoms. The van der Waals surface area contributed by atoms with Crippen LogP contribution in [-0.2, 0) is 19.5 Å². The Balaban J connectivity index is 2.11. The highest BCUT2D eigenvalue weighted by Gasteiger charge is 2.34. The van der Waals surface area contributed by atoms with Gasteiger partial charge in [0.15, 0.2) is 10.7 Å². The van der Waals surface area contributed by atoms with Crippen molar-refractivity contribution in [2.24, 2.45) is 0 Å². The maximum absolute atomic E-state index is 12.2. The van der Waals surface area contributed by atoms with Crippen molar-refractivity contribution in [1.82, 2.24) is 4.72 Å². The van der Waals surface area contributed by atoms with Gasteiger partial charge >= 0.3 is 0 Å². The molecule has 0 amide bonds. The number of nitrogens with one attached hydrogen (secondary N) is 1. The van der Waals surface area contributed by atoms with Gasteiger partial charge in [-0.1, -0.05) is 12.1 Å². The number of hydrogen-bond acceptors (Lipinski definition) is 6. The lowest BCUT2D eigenvalue weighted by atomic mass is 10.3. The van der Waals surface area contributed by atoms with Crippen LogP contribution in [-0.4, -0.2) is 38.4 Å². The molecule has 1 heterocycles. The topological polar surface area (TPSA) is 108 Å². The molecule has 0 aromatic heterocycles. The van der Waals surface area contributed by atoms with Crippen molar-refractivity contribution >= 4 is 15.7 Å². The summed E-state index contributed by atoms with van der Waals surface area (Å²) >= 11 is 0. The summed E-state index contributed by atoms with van der Waals surface area (Å²) in [5.41, 5.74) is -0.464. The molecule has 1 fully saturated rings. The molecule has 1 unspecified atom stereocenters. The maximum atomic E-state index is 12.2. The van der Waals surface area contributed by atoms with Crippen molar-refractivity contribution in [3.8, 4) is 0 Å². The predicted octanol–water partition coefficient (Wildman–Crippen LogP) is 1.02. The molecule has 1 aliphatic rings. The number of nitro groups is 1. The fraction of sp³-hybridized carbons (Fsp3) is 0.500. The Kier molecular flexibility index (Phi) is 4.28. The number of nitrogens with zero attached hydrogens (tertiary/aromatic N) is 1. The Morgan fingerprint density at radius 1 is 1.43 bits per heavy atom. The number of para-hydroxylation sites is 1. The molecule has 1 aliphatic heterocycles. The molecular weight excluding hydrogens is 300 g/mol. The number of nitro benzene ring substituents is 1. The third-order valence-electron chi connectivity index (χ3n) is 2.92. The van der Waals surface area contributed by atoms with Crippen LogP contribution in [0.4, 0.5) is 5.69 Å². The van der Waals surface area contributed by atoms with E-state index in [9.17, 15) is 18.5 Å². The molecule has 1 atom stereocenters. The number of hydrogen-bond donors (Lipinski definition) is 1. The third-order valence-corrected chi connectivity index (χ3v) is 4.39. The molecule has 116 valence electrons. The lowest BCUT2D eigenvalue weighted by Crippen LogP contribution is -2.34. The van der Waals surface area contributed by atoms with E-state index in [0.717, 1.165) is 6.07 Å². The summed E-state index contributed by atoms with van der Waals surface area (Å²) in [6.45, 7) is 3.69. The first-order valence-electron chi connectivity index (χ1n) is 6.26. The predicted molar refractivity (Wildman–Crippen MR) is 73.2 cm³/mol. The molecule has 0 bridgehead atoms. The molecule has 8 nitrogen and oxygen atoms in total. The number of rotatable bonds is 5. The highest BCUT2D eigenvalue weighted by Crippen LogP contribution is 2.24. The van der Waals surface area contributed by atoms with Crippen molar-refractivity contribution < 1.29 is 22.8 Å². The number of benzene rings is 1. The smallest absolute Gasteiger partial charge is 0.289 e. The normalized spacial score (nSPS) is 21.3. The van der Waals surface area contributed by atoms with Crippen LogP contribution in [0.5, 0.6) is 0 Å². The van der Waals surface area contributed by atoms with Gasteiger partial charge in [0.05, 0.1) is 17.6 Å². The highest BCUT2D eigenvalue weighted by atomic mass is 32.2. The van der Waals surface area contributed by atoms with Gasteiger partial charge in [0.1, 0.15) is 0 Å². The van der Waals surface area contributed by atoms with E-state index in [2.05, 4.69) is 4.72 Å². The van der Waals surface area contributed by atoms with E-state index in [1.165, 1.54) is 18.2 Å². The van der Waals surface area contributed by atoms with Gasteiger partial charge in [0.25, 0.3) is 5.69 Å². The summed E-state index contributed by atoms with van der Waals surface area (Å²) in [6, 6.07) is 5.18. The van der Waals surface area contributed by atoms with E-state index >= 15 is 0 Å². The molecule has 1 aromatic carbocycles. The van der Waals surface area contributed by atoms with Gasteiger partial charge in [-0.25, -0.2) is 13.1 Å². The summed E-state index contributed by atoms with van der Waals surface area (Å²) in [7, 11) is -3.99. The minimum atomic E-state index is -3.99. The monoisotopic (exact) mass is 316 g/mol. The van der Waals surface area contributed by atoms with E-state index < -0.39 is 32.5 Å². The maximum Gasteiger partial charge on any atom is 0.289 e. The molecule has 21 heavy (non-hydrogen) atoms. The SMILES string of the molecule is CC1(C)OCC(CNS(=O)(=O)c2ccccc2[N+](=O)[O-])O1. The second-order valence-corrected chi connectivity index (χ2v) is 6.76. The lowest BCUT2D eigenvalue weighted by Gasteiger charge is -2.17. The molecule has 1 aromatic rings. The number of ether oxygens (including phenoxy) is 2. The van der Waals surface area contributed by atoms with Gasteiger partial charge in [-0.05, 0) is 19.9 Å². The highest BCUT2D eigenvalue weighted by molar-refractivity contribution is 7.89. The van der Waals surface area contributed by atoms with Crippen LogP contribution in [0.2, 0.25) is 0 Å². The second kappa shape index (κ2) is 5.68. The fourth-order valence-corrected chi connectivity index (χ4v) is 3.22. The van der Waals surface area contributed by atoms with Crippen molar-refractivity contribution in [2.45, 2.75) is 30.6 Å². The van der Waals surface area contributed by atoms with Crippen LogP contribution in [0.1, 0.15) is 13.8 Å². The molecule has 0 radical (unpaired) electrons. The summed E-state index contributed by atoms with van der Waals surface area (Å²) in [6.07, 6.45) is -0.433. The van der Waals surface area contributed by atoms with Crippen molar-refractivity contribution in [2.75, 3.05) is 13.2 Å². The Labute approximate surface area is 122 Å². The largest absolute Gasteiger partial charge is 0.348 e. The van der Waals surface area contributed by atoms with Crippen molar-refractivity contribution in [3.05, 3.63) is 34.4 Å². The average Bonchev–Trinajstić information content (AvgIpc) is 2.76. The quantitative estimate of drug-likeness (QED) is 0.642. The zero-order valence-corrected chi connectivity index (χ0v) is 12.4. The fourth-order valence-electron chi connectivity index (χ4n) is 1.98. The third kappa shape index (κ3) is 3.76. The van der Waals surface area contributed by atoms with E-state index in [1.807, 2.05) is 0 Å². The van der Waals surface area contributed by atoms with Crippen LogP contribution >= 0.6 is 0 Å². The van der Waals surface area contributed by atoms with Gasteiger partial charge in [-0.3, -0.25) is 10.1 Å². The summed E-state index contributed by atoms with van der Waals surface area (Å²) in [5.74, 6) is -0.755. The molecule has 1 saturated heterocycles. The van der Waals surface area contributed by atoms with Crippen LogP contribution in [0.15, 0.2) is 29.2 Å². The van der Waals surface area contributed by atoms with Crippen molar-refractivity contribution in [3.63, 3.8) is 0 Å². The zero-order valence-electron chi connectivity index (χ0n) is 11.6. The van der Waals surface area contributed by atoms with E-state index in [-0.39, 0.29) is 18.0 Å². The lowest BCUT2D eigenvalue weighted by molar-refractivity contribution is -0.387. The standard InChI is InChI=1S/C12H16N2O6S/c1-12(2)19-8-9(20-12)7-13-21(17,18)11-6-4-3-5-10(11)14(15)16/h3-6,9,13H,7-8H2,1-2H3. The van der Waals surface area contributed by atoms with E-state index in [0.29, 0.717) is 0 Å². The Hall–Kier alpha value is -1.55. The summed E-state index contributed by atoms with van der Waals surface area (Å²) < 4.78 is 37.4. The first-order valence-corrected chi connectivity index (χ1v) is 7.74. The van der Waals surface area contributed by atoms with Crippen LogP contribution in [0.3, 0.4) is 0 Å². The zero-order chi connectivity index (χ0) is 15.7.